The first-order valence-electron chi connectivity index (χ1n) is 11.4. The van der Waals surface area contributed by atoms with Gasteiger partial charge in [-0.1, -0.05) is 0 Å². The number of halogens is 2. The summed E-state index contributed by atoms with van der Waals surface area (Å²) in [5, 5.41) is 0. The standard InChI is InChI=1S/2C13H15.2CH3.2ClH.Hf.H2Si/c2*1-13(2,3)12-8-10-6-4-5-7-11(10)9-12;;;;;;/h2*4-9H,1-3H3;2*1H3;2*1H;;1H2. The Bertz CT molecular complexity index is 1070. The molecule has 0 saturated heterocycles. The predicted octanol–water partition coefficient (Wildman–Crippen LogP) is 8.53. The molecule has 2 aliphatic carbocycles. The van der Waals surface area contributed by atoms with Crippen LogP contribution < -0.4 is 0 Å². The molecule has 2 unspecified atom stereocenters. The van der Waals surface area contributed by atoms with Crippen LogP contribution in [0.4, 0.5) is 0 Å². The zero-order chi connectivity index (χ0) is 22.1. The van der Waals surface area contributed by atoms with Crippen LogP contribution in [0.25, 0.3) is 12.2 Å². The summed E-state index contributed by atoms with van der Waals surface area (Å²) >= 11 is -3.60. The monoisotopic (exact) mass is 654 g/mol. The SMILES string of the molecule is CC(C)(C)C1=Cc2ccccc2[CH]1[Hf]([CH3])([CH3])(=[SiH2])[CH]1C(C(C)(C)C)=Cc2ccccc21.Cl.Cl. The van der Waals surface area contributed by atoms with Crippen molar-refractivity contribution in [3.05, 3.63) is 81.9 Å². The minimum atomic E-state index is -3.60. The van der Waals surface area contributed by atoms with E-state index in [-0.39, 0.29) is 35.6 Å². The van der Waals surface area contributed by atoms with Gasteiger partial charge in [0.1, 0.15) is 0 Å². The quantitative estimate of drug-likeness (QED) is 0.285. The van der Waals surface area contributed by atoms with Gasteiger partial charge in [0.05, 0.1) is 0 Å². The molecule has 0 N–H and O–H groups in total. The van der Waals surface area contributed by atoms with Crippen LogP contribution in [0.2, 0.25) is 9.36 Å². The van der Waals surface area contributed by atoms with Crippen molar-refractivity contribution in [3.8, 4) is 0 Å². The van der Waals surface area contributed by atoms with Crippen molar-refractivity contribution in [1.29, 1.82) is 0 Å². The summed E-state index contributed by atoms with van der Waals surface area (Å²) in [4.78, 5) is 0. The maximum absolute atomic E-state index is 3.60. The number of rotatable bonds is 2. The Balaban J connectivity index is 0.00000181. The molecule has 2 aliphatic rings. The van der Waals surface area contributed by atoms with E-state index >= 15 is 0 Å². The van der Waals surface area contributed by atoms with Gasteiger partial charge in [0.2, 0.25) is 0 Å². The van der Waals surface area contributed by atoms with Gasteiger partial charge >= 0.3 is 187 Å². The smallest absolute Gasteiger partial charge is 0.147 e. The number of hydrogen-bond donors (Lipinski definition) is 0. The Morgan fingerprint density at radius 3 is 1.25 bits per heavy atom. The van der Waals surface area contributed by atoms with Crippen molar-refractivity contribution < 1.29 is 17.1 Å². The van der Waals surface area contributed by atoms with Crippen LogP contribution in [0.15, 0.2) is 59.7 Å². The summed E-state index contributed by atoms with van der Waals surface area (Å²) in [5.41, 5.74) is 9.78. The van der Waals surface area contributed by atoms with Crippen molar-refractivity contribution in [2.75, 3.05) is 0 Å². The van der Waals surface area contributed by atoms with Crippen LogP contribution in [-0.4, -0.2) is 6.94 Å². The van der Waals surface area contributed by atoms with Gasteiger partial charge in [-0.3, -0.25) is 0 Å². The van der Waals surface area contributed by atoms with Crippen molar-refractivity contribution in [3.63, 3.8) is 0 Å². The number of benzene rings is 2. The van der Waals surface area contributed by atoms with Crippen molar-refractivity contribution in [2.45, 2.75) is 58.3 Å². The molecule has 0 heterocycles. The summed E-state index contributed by atoms with van der Waals surface area (Å²) in [5.74, 6) is 0. The van der Waals surface area contributed by atoms with Gasteiger partial charge in [0, 0.05) is 0 Å². The third kappa shape index (κ3) is 4.47. The minimum absolute atomic E-state index is 0. The van der Waals surface area contributed by atoms with Gasteiger partial charge < -0.3 is 0 Å². The van der Waals surface area contributed by atoms with E-state index in [4.69, 9.17) is 0 Å². The first-order chi connectivity index (χ1) is 13.7. The second-order valence-corrected chi connectivity index (χ2v) is 56.3. The molecule has 4 rings (SSSR count). The molecule has 0 amide bonds. The van der Waals surface area contributed by atoms with Crippen LogP contribution in [0, 0.1) is 10.8 Å². The Kier molecular flexibility index (Phi) is 7.54. The Labute approximate surface area is 210 Å². The van der Waals surface area contributed by atoms with Gasteiger partial charge in [-0.25, -0.2) is 0 Å². The fourth-order valence-electron chi connectivity index (χ4n) is 6.16. The number of hydrogen-bond acceptors (Lipinski definition) is 0. The minimum Gasteiger partial charge on any atom is -0.147 e. The van der Waals surface area contributed by atoms with Gasteiger partial charge in [0.25, 0.3) is 0 Å². The van der Waals surface area contributed by atoms with Gasteiger partial charge in [0.15, 0.2) is 0 Å². The predicted molar refractivity (Wildman–Crippen MR) is 148 cm³/mol. The normalized spacial score (nSPS) is 20.4. The fourth-order valence-corrected chi connectivity index (χ4v) is 34.8. The second kappa shape index (κ2) is 8.67. The van der Waals surface area contributed by atoms with Crippen LogP contribution in [0.1, 0.15) is 71.1 Å². The summed E-state index contributed by atoms with van der Waals surface area (Å²) in [7, 11) is 0. The zero-order valence-electron chi connectivity index (χ0n) is 21.0. The number of fused-ring (bicyclic) bond motifs is 2. The Morgan fingerprint density at radius 1 is 0.625 bits per heavy atom. The van der Waals surface area contributed by atoms with Gasteiger partial charge in [-0.2, -0.15) is 0 Å². The van der Waals surface area contributed by atoms with E-state index in [1.54, 1.807) is 22.3 Å². The molecule has 0 aliphatic heterocycles. The summed E-state index contributed by atoms with van der Waals surface area (Å²) in [6.45, 7) is 16.9. The molecule has 0 nitrogen and oxygen atoms in total. The molecule has 2 aromatic carbocycles. The zero-order valence-corrected chi connectivity index (χ0v) is 27.6. The summed E-state index contributed by atoms with van der Waals surface area (Å²) in [6, 6.07) is 18.4. The largest absolute Gasteiger partial charge is 0.147 e. The van der Waals surface area contributed by atoms with Crippen LogP contribution in [0.5, 0.6) is 0 Å². The average Bonchev–Trinajstić information content (AvgIpc) is 3.21. The first kappa shape index (κ1) is 27.8. The van der Waals surface area contributed by atoms with Gasteiger partial charge in [-0.15, -0.1) is 24.8 Å². The molecule has 0 saturated carbocycles. The average molecular weight is 654 g/mol. The van der Waals surface area contributed by atoms with Crippen LogP contribution in [-0.2, 0) is 17.1 Å². The molecule has 2 atom stereocenters. The molecule has 0 spiro atoms. The maximum atomic E-state index is 2.76. The van der Waals surface area contributed by atoms with E-state index in [1.165, 1.54) is 11.1 Å². The van der Waals surface area contributed by atoms with Crippen molar-refractivity contribution in [2.24, 2.45) is 10.8 Å². The molecular weight excluding hydrogens is 614 g/mol. The summed E-state index contributed by atoms with van der Waals surface area (Å²) < 4.78 is 6.71. The molecular formula is C28H40Cl2HfSi. The molecule has 174 valence electrons. The van der Waals surface area contributed by atoms with E-state index in [2.05, 4.69) is 119 Å². The first-order valence-corrected chi connectivity index (χ1v) is 31.1. The molecule has 32 heavy (non-hydrogen) atoms. The topological polar surface area (TPSA) is 0 Å². The molecule has 4 heteroatoms. The van der Waals surface area contributed by atoms with Crippen LogP contribution >= 0.6 is 24.8 Å². The third-order valence-corrected chi connectivity index (χ3v) is 32.3. The van der Waals surface area contributed by atoms with E-state index in [9.17, 15) is 0 Å². The van der Waals surface area contributed by atoms with E-state index in [0.717, 1.165) is 0 Å². The van der Waals surface area contributed by atoms with Gasteiger partial charge in [-0.05, 0) is 0 Å². The van der Waals surface area contributed by atoms with E-state index in [1.807, 2.05) is 0 Å². The maximum Gasteiger partial charge on any atom is -0.147 e. The Hall–Kier alpha value is -0.413. The molecule has 0 fully saturated rings. The molecule has 0 bridgehead atoms. The molecule has 0 aromatic heterocycles. The van der Waals surface area contributed by atoms with Crippen LogP contribution in [0.3, 0.4) is 0 Å². The second-order valence-electron chi connectivity index (χ2n) is 12.8. The molecule has 2 aromatic rings. The van der Waals surface area contributed by atoms with E-state index in [0.29, 0.717) is 7.35 Å². The van der Waals surface area contributed by atoms with E-state index < -0.39 is 17.1 Å². The number of allylic oxidation sites excluding steroid dienone is 2. The fraction of sp³-hybridized carbons (Fsp3) is 0.429. The van der Waals surface area contributed by atoms with Crippen molar-refractivity contribution >= 4 is 43.9 Å². The Morgan fingerprint density at radius 2 is 0.938 bits per heavy atom. The molecule has 0 radical (unpaired) electrons. The van der Waals surface area contributed by atoms with Crippen molar-refractivity contribution in [1.82, 2.24) is 0 Å². The third-order valence-electron chi connectivity index (χ3n) is 7.49. The summed E-state index contributed by atoms with van der Waals surface area (Å²) in [6.07, 6.45) is 5.08.